The molecular weight excluding hydrogens is 206 g/mol. The Morgan fingerprint density at radius 2 is 2.13 bits per heavy atom. The zero-order valence-corrected chi connectivity index (χ0v) is 7.69. The Morgan fingerprint density at radius 1 is 1.33 bits per heavy atom. The quantitative estimate of drug-likeness (QED) is 0.743. The number of rotatable bonds is 2. The summed E-state index contributed by atoms with van der Waals surface area (Å²) in [7, 11) is 1.28. The molecule has 2 heterocycles. The molecule has 0 saturated carbocycles. The average Bonchev–Trinajstić information content (AvgIpc) is 2.65. The van der Waals surface area contributed by atoms with Gasteiger partial charge in [-0.2, -0.15) is 14.5 Å². The number of hydrogen-bond donors (Lipinski definition) is 0. The summed E-state index contributed by atoms with van der Waals surface area (Å²) in [5.41, 5.74) is 0. The predicted octanol–water partition coefficient (Wildman–Crippen LogP) is 0.949. The highest BCUT2D eigenvalue weighted by molar-refractivity contribution is 5.28. The smallest absolute Gasteiger partial charge is 0.255 e. The highest BCUT2D eigenvalue weighted by Crippen LogP contribution is 2.17. The first-order chi connectivity index (χ1) is 7.22. The normalized spacial score (nSPS) is 10.3. The molecule has 0 spiro atoms. The van der Waals surface area contributed by atoms with E-state index in [1.807, 2.05) is 0 Å². The Labute approximate surface area is 83.3 Å². The largest absolute Gasteiger partial charge is 0.479 e. The van der Waals surface area contributed by atoms with Gasteiger partial charge < -0.3 is 4.74 Å². The van der Waals surface area contributed by atoms with Crippen LogP contribution in [0.5, 0.6) is 5.88 Å². The van der Waals surface area contributed by atoms with Gasteiger partial charge in [-0.25, -0.2) is 14.1 Å². The van der Waals surface area contributed by atoms with Gasteiger partial charge in [0.2, 0.25) is 5.82 Å². The molecule has 0 bridgehead atoms. The third-order valence-electron chi connectivity index (χ3n) is 1.70. The summed E-state index contributed by atoms with van der Waals surface area (Å²) in [6.07, 6.45) is 3.07. The van der Waals surface area contributed by atoms with E-state index >= 15 is 0 Å². The fraction of sp³-hybridized carbons (Fsp3) is 0.125. The van der Waals surface area contributed by atoms with Crippen molar-refractivity contribution in [3.05, 3.63) is 30.4 Å². The van der Waals surface area contributed by atoms with E-state index in [0.717, 1.165) is 23.4 Å². The van der Waals surface area contributed by atoms with Crippen molar-refractivity contribution in [1.29, 1.82) is 0 Å². The summed E-state index contributed by atoms with van der Waals surface area (Å²) in [6.45, 7) is 0. The summed E-state index contributed by atoms with van der Waals surface area (Å²) >= 11 is 0. The molecule has 0 saturated heterocycles. The summed E-state index contributed by atoms with van der Waals surface area (Å²) in [6, 6.07) is 0. The van der Waals surface area contributed by atoms with Gasteiger partial charge >= 0.3 is 0 Å². The molecule has 0 aliphatic heterocycles. The first kappa shape index (κ1) is 9.50. The third-order valence-corrected chi connectivity index (χ3v) is 1.70. The van der Waals surface area contributed by atoms with Crippen molar-refractivity contribution in [3.63, 3.8) is 0 Å². The number of ether oxygens (including phenoxy) is 1. The minimum absolute atomic E-state index is 0.161. The van der Waals surface area contributed by atoms with E-state index in [4.69, 9.17) is 0 Å². The Hall–Kier alpha value is -2.05. The van der Waals surface area contributed by atoms with E-state index in [9.17, 15) is 8.78 Å². The fourth-order valence-corrected chi connectivity index (χ4v) is 1.06. The van der Waals surface area contributed by atoms with Crippen molar-refractivity contribution in [2.24, 2.45) is 0 Å². The highest BCUT2D eigenvalue weighted by atomic mass is 19.1. The second kappa shape index (κ2) is 3.60. The monoisotopic (exact) mass is 212 g/mol. The maximum Gasteiger partial charge on any atom is 0.255 e. The molecule has 2 aromatic heterocycles. The van der Waals surface area contributed by atoms with Crippen LogP contribution in [0, 0.1) is 11.6 Å². The first-order valence-corrected chi connectivity index (χ1v) is 3.97. The molecule has 5 nitrogen and oxygen atoms in total. The first-order valence-electron chi connectivity index (χ1n) is 3.97. The number of hydrogen-bond acceptors (Lipinski definition) is 4. The van der Waals surface area contributed by atoms with Crippen molar-refractivity contribution in [1.82, 2.24) is 19.7 Å². The SMILES string of the molecule is COc1ncnc(-n2cc(F)cn2)c1F. The van der Waals surface area contributed by atoms with Gasteiger partial charge in [0.1, 0.15) is 6.33 Å². The second-order valence-electron chi connectivity index (χ2n) is 2.62. The molecule has 0 atom stereocenters. The van der Waals surface area contributed by atoms with Crippen LogP contribution in [0.3, 0.4) is 0 Å². The van der Waals surface area contributed by atoms with E-state index in [1.54, 1.807) is 0 Å². The summed E-state index contributed by atoms with van der Waals surface area (Å²) in [5.74, 6) is -1.74. The van der Waals surface area contributed by atoms with Crippen molar-refractivity contribution >= 4 is 0 Å². The lowest BCUT2D eigenvalue weighted by atomic mass is 10.5. The molecule has 0 aliphatic carbocycles. The van der Waals surface area contributed by atoms with Crippen LogP contribution in [0.4, 0.5) is 8.78 Å². The van der Waals surface area contributed by atoms with Gasteiger partial charge in [-0.05, 0) is 0 Å². The van der Waals surface area contributed by atoms with Crippen LogP contribution in [-0.4, -0.2) is 26.9 Å². The third kappa shape index (κ3) is 1.63. The number of nitrogens with zero attached hydrogens (tertiary/aromatic N) is 4. The Morgan fingerprint density at radius 3 is 2.73 bits per heavy atom. The van der Waals surface area contributed by atoms with Crippen LogP contribution in [0.15, 0.2) is 18.7 Å². The van der Waals surface area contributed by atoms with E-state index in [1.165, 1.54) is 7.11 Å². The van der Waals surface area contributed by atoms with Gasteiger partial charge in [-0.3, -0.25) is 0 Å². The van der Waals surface area contributed by atoms with Gasteiger partial charge in [0.05, 0.1) is 19.5 Å². The number of halogens is 2. The number of aromatic nitrogens is 4. The van der Waals surface area contributed by atoms with Gasteiger partial charge in [-0.15, -0.1) is 0 Å². The number of methoxy groups -OCH3 is 1. The predicted molar refractivity (Wildman–Crippen MR) is 45.6 cm³/mol. The Bertz CT molecular complexity index is 485. The van der Waals surface area contributed by atoms with E-state index < -0.39 is 11.6 Å². The van der Waals surface area contributed by atoms with Crippen LogP contribution in [-0.2, 0) is 0 Å². The summed E-state index contributed by atoms with van der Waals surface area (Å²) < 4.78 is 31.8. The van der Waals surface area contributed by atoms with Gasteiger partial charge in [0, 0.05) is 0 Å². The van der Waals surface area contributed by atoms with Crippen molar-refractivity contribution in [3.8, 4) is 11.7 Å². The van der Waals surface area contributed by atoms with Crippen molar-refractivity contribution in [2.75, 3.05) is 7.11 Å². The molecule has 0 aromatic carbocycles. The van der Waals surface area contributed by atoms with E-state index in [2.05, 4.69) is 19.8 Å². The average molecular weight is 212 g/mol. The second-order valence-corrected chi connectivity index (χ2v) is 2.62. The molecular formula is C8H6F2N4O. The van der Waals surface area contributed by atoms with Crippen LogP contribution in [0.25, 0.3) is 5.82 Å². The van der Waals surface area contributed by atoms with Gasteiger partial charge in [0.25, 0.3) is 5.88 Å². The van der Waals surface area contributed by atoms with E-state index in [-0.39, 0.29) is 11.7 Å². The van der Waals surface area contributed by atoms with Crippen LogP contribution < -0.4 is 4.74 Å². The molecule has 15 heavy (non-hydrogen) atoms. The Balaban J connectivity index is 2.53. The molecule has 0 N–H and O–H groups in total. The molecule has 0 radical (unpaired) electrons. The van der Waals surface area contributed by atoms with Crippen LogP contribution in [0.2, 0.25) is 0 Å². The lowest BCUT2D eigenvalue weighted by Crippen LogP contribution is -2.04. The minimum Gasteiger partial charge on any atom is -0.479 e. The molecule has 0 amide bonds. The lowest BCUT2D eigenvalue weighted by molar-refractivity contribution is 0.365. The molecule has 2 aromatic rings. The highest BCUT2D eigenvalue weighted by Gasteiger charge is 2.14. The minimum atomic E-state index is -0.789. The van der Waals surface area contributed by atoms with Gasteiger partial charge in [-0.1, -0.05) is 0 Å². The lowest BCUT2D eigenvalue weighted by Gasteiger charge is -2.04. The van der Waals surface area contributed by atoms with Gasteiger partial charge in [0.15, 0.2) is 11.6 Å². The standard InChI is InChI=1S/C8H6F2N4O/c1-15-8-6(10)7(11-4-12-8)14-3-5(9)2-13-14/h2-4H,1H3. The van der Waals surface area contributed by atoms with Crippen molar-refractivity contribution in [2.45, 2.75) is 0 Å². The maximum absolute atomic E-state index is 13.5. The zero-order valence-electron chi connectivity index (χ0n) is 7.69. The summed E-state index contributed by atoms with van der Waals surface area (Å²) in [5, 5.41) is 3.58. The van der Waals surface area contributed by atoms with Crippen LogP contribution in [0.1, 0.15) is 0 Å². The molecule has 0 aliphatic rings. The van der Waals surface area contributed by atoms with Crippen LogP contribution >= 0.6 is 0 Å². The molecule has 78 valence electrons. The van der Waals surface area contributed by atoms with Crippen molar-refractivity contribution < 1.29 is 13.5 Å². The molecule has 2 rings (SSSR count). The summed E-state index contributed by atoms with van der Waals surface area (Å²) in [4.78, 5) is 7.18. The zero-order chi connectivity index (χ0) is 10.8. The molecule has 7 heteroatoms. The maximum atomic E-state index is 13.5. The topological polar surface area (TPSA) is 52.8 Å². The molecule has 0 unspecified atom stereocenters. The molecule has 0 fully saturated rings. The van der Waals surface area contributed by atoms with E-state index in [0.29, 0.717) is 0 Å². The Kier molecular flexibility index (Phi) is 2.28. The fourth-order valence-electron chi connectivity index (χ4n) is 1.06.